The van der Waals surface area contributed by atoms with Crippen LogP contribution in [0.1, 0.15) is 35.3 Å². The van der Waals surface area contributed by atoms with Gasteiger partial charge in [0.25, 0.3) is 5.91 Å². The van der Waals surface area contributed by atoms with Gasteiger partial charge in [-0.2, -0.15) is 21.6 Å². The number of hydrogen-bond acceptors (Lipinski definition) is 5. The number of rotatable bonds is 9. The van der Waals surface area contributed by atoms with Crippen molar-refractivity contribution in [2.75, 3.05) is 13.7 Å². The highest BCUT2D eigenvalue weighted by molar-refractivity contribution is 7.87. The first kappa shape index (κ1) is 28.3. The van der Waals surface area contributed by atoms with Crippen molar-refractivity contribution in [2.45, 2.75) is 31.5 Å². The lowest BCUT2D eigenvalue weighted by atomic mass is 10.1. The van der Waals surface area contributed by atoms with Gasteiger partial charge in [-0.05, 0) is 53.9 Å². The molecule has 0 aliphatic heterocycles. The third kappa shape index (κ3) is 7.17. The molecule has 37 heavy (non-hydrogen) atoms. The summed E-state index contributed by atoms with van der Waals surface area (Å²) in [5, 5.41) is 0.298. The lowest BCUT2D eigenvalue weighted by molar-refractivity contribution is -0.137. The zero-order valence-corrected chi connectivity index (χ0v) is 21.8. The fraction of sp³-hybridized carbons (Fsp3) is 0.269. The number of hydrogen-bond donors (Lipinski definition) is 0. The van der Waals surface area contributed by atoms with Crippen LogP contribution in [0.2, 0.25) is 5.02 Å². The summed E-state index contributed by atoms with van der Waals surface area (Å²) in [5.74, 6) is -0.380. The minimum atomic E-state index is -4.73. The van der Waals surface area contributed by atoms with E-state index in [-0.39, 0.29) is 29.9 Å². The molecule has 0 unspecified atom stereocenters. The van der Waals surface area contributed by atoms with Gasteiger partial charge in [0, 0.05) is 13.1 Å². The molecule has 0 bridgehead atoms. The molecule has 1 amide bonds. The van der Waals surface area contributed by atoms with Crippen molar-refractivity contribution < 1.29 is 35.3 Å². The zero-order valence-electron chi connectivity index (χ0n) is 20.3. The molecule has 0 radical (unpaired) electrons. The van der Waals surface area contributed by atoms with E-state index < -0.39 is 26.8 Å². The molecule has 0 atom stereocenters. The maximum Gasteiger partial charge on any atom is 0.416 e. The maximum absolute atomic E-state index is 13.2. The van der Waals surface area contributed by atoms with E-state index in [1.54, 1.807) is 35.2 Å². The highest BCUT2D eigenvalue weighted by atomic mass is 35.5. The van der Waals surface area contributed by atoms with Crippen LogP contribution in [0.5, 0.6) is 11.5 Å². The van der Waals surface area contributed by atoms with Crippen LogP contribution in [0, 0.1) is 5.92 Å². The van der Waals surface area contributed by atoms with Gasteiger partial charge >= 0.3 is 16.3 Å². The molecule has 0 aliphatic rings. The van der Waals surface area contributed by atoms with Crippen LogP contribution >= 0.6 is 11.6 Å². The molecule has 3 aromatic carbocycles. The molecular weight excluding hydrogens is 531 g/mol. The maximum atomic E-state index is 13.2. The number of ether oxygens (including phenoxy) is 1. The summed E-state index contributed by atoms with van der Waals surface area (Å²) < 4.78 is 75.3. The number of benzene rings is 3. The first-order chi connectivity index (χ1) is 17.3. The van der Waals surface area contributed by atoms with Crippen LogP contribution < -0.4 is 8.92 Å². The molecule has 6 nitrogen and oxygen atoms in total. The topological polar surface area (TPSA) is 72.9 Å². The number of carbonyl (C=O) groups excluding carboxylic acids is 1. The average molecular weight is 556 g/mol. The van der Waals surface area contributed by atoms with Crippen LogP contribution in [0.3, 0.4) is 0 Å². The first-order valence-corrected chi connectivity index (χ1v) is 12.9. The second-order valence-electron chi connectivity index (χ2n) is 8.61. The van der Waals surface area contributed by atoms with Gasteiger partial charge in [0.2, 0.25) is 0 Å². The van der Waals surface area contributed by atoms with E-state index in [4.69, 9.17) is 20.5 Å². The van der Waals surface area contributed by atoms with Gasteiger partial charge in [-0.1, -0.05) is 49.7 Å². The highest BCUT2D eigenvalue weighted by Crippen LogP contribution is 2.34. The number of methoxy groups -OCH3 is 1. The molecule has 0 heterocycles. The normalized spacial score (nSPS) is 11.9. The number of amides is 1. The first-order valence-electron chi connectivity index (χ1n) is 11.1. The smallest absolute Gasteiger partial charge is 0.416 e. The Hall–Kier alpha value is -3.24. The third-order valence-corrected chi connectivity index (χ3v) is 6.79. The number of alkyl halides is 3. The fourth-order valence-electron chi connectivity index (χ4n) is 3.56. The summed E-state index contributed by atoms with van der Waals surface area (Å²) in [6, 6.07) is 14.4. The molecule has 0 fully saturated rings. The van der Waals surface area contributed by atoms with Crippen molar-refractivity contribution >= 4 is 27.6 Å². The van der Waals surface area contributed by atoms with Crippen molar-refractivity contribution in [3.63, 3.8) is 0 Å². The van der Waals surface area contributed by atoms with E-state index in [1.807, 2.05) is 13.8 Å². The minimum absolute atomic E-state index is 0.0483. The minimum Gasteiger partial charge on any atom is -0.493 e. The molecule has 198 valence electrons. The van der Waals surface area contributed by atoms with Gasteiger partial charge in [0.1, 0.15) is 4.90 Å². The summed E-state index contributed by atoms with van der Waals surface area (Å²) in [5.41, 5.74) is -0.293. The van der Waals surface area contributed by atoms with E-state index in [1.165, 1.54) is 19.2 Å². The van der Waals surface area contributed by atoms with Gasteiger partial charge in [-0.15, -0.1) is 0 Å². The van der Waals surface area contributed by atoms with Crippen LogP contribution in [-0.4, -0.2) is 32.9 Å². The van der Waals surface area contributed by atoms with Crippen molar-refractivity contribution in [3.8, 4) is 11.5 Å². The quantitative estimate of drug-likeness (QED) is 0.284. The molecular formula is C26H25ClF3NO5S. The standard InChI is InChI=1S/C26H25ClF3NO5S/c1-17(2)15-31(25(32)21-9-4-5-10-22(21)27)16-18-11-12-23(35-3)24(13-18)36-37(33,34)20-8-6-7-19(14-20)26(28,29)30/h4-14,17H,15-16H2,1-3H3. The molecule has 0 saturated heterocycles. The van der Waals surface area contributed by atoms with Gasteiger partial charge in [0.05, 0.1) is 23.3 Å². The predicted octanol–water partition coefficient (Wildman–Crippen LogP) is 6.43. The molecule has 0 aromatic heterocycles. The average Bonchev–Trinajstić information content (AvgIpc) is 2.83. The Morgan fingerprint density at radius 2 is 1.70 bits per heavy atom. The second kappa shape index (κ2) is 11.4. The molecule has 3 aromatic rings. The Kier molecular flexibility index (Phi) is 8.76. The third-order valence-electron chi connectivity index (χ3n) is 5.23. The Balaban J connectivity index is 1.94. The van der Waals surface area contributed by atoms with E-state index in [2.05, 4.69) is 0 Å². The molecule has 0 N–H and O–H groups in total. The Bertz CT molecular complexity index is 1380. The molecule has 0 spiro atoms. The van der Waals surface area contributed by atoms with Crippen LogP contribution in [-0.2, 0) is 22.8 Å². The second-order valence-corrected chi connectivity index (χ2v) is 10.6. The SMILES string of the molecule is COc1ccc(CN(CC(C)C)C(=O)c2ccccc2Cl)cc1OS(=O)(=O)c1cccc(C(F)(F)F)c1. The fourth-order valence-corrected chi connectivity index (χ4v) is 4.76. The highest BCUT2D eigenvalue weighted by Gasteiger charge is 2.32. The van der Waals surface area contributed by atoms with Crippen LogP contribution in [0.4, 0.5) is 13.2 Å². The van der Waals surface area contributed by atoms with Crippen LogP contribution in [0.15, 0.2) is 71.6 Å². The molecule has 0 aliphatic carbocycles. The van der Waals surface area contributed by atoms with Crippen LogP contribution in [0.25, 0.3) is 0 Å². The van der Waals surface area contributed by atoms with Crippen molar-refractivity contribution in [1.29, 1.82) is 0 Å². The van der Waals surface area contributed by atoms with E-state index in [0.717, 1.165) is 18.2 Å². The number of nitrogens with zero attached hydrogens (tertiary/aromatic N) is 1. The number of halogens is 4. The predicted molar refractivity (Wildman–Crippen MR) is 133 cm³/mol. The van der Waals surface area contributed by atoms with Crippen molar-refractivity contribution in [2.24, 2.45) is 5.92 Å². The van der Waals surface area contributed by atoms with E-state index in [9.17, 15) is 26.4 Å². The van der Waals surface area contributed by atoms with Gasteiger partial charge in [0.15, 0.2) is 11.5 Å². The lowest BCUT2D eigenvalue weighted by Gasteiger charge is -2.25. The van der Waals surface area contributed by atoms with Gasteiger partial charge in [-0.25, -0.2) is 0 Å². The Morgan fingerprint density at radius 3 is 2.32 bits per heavy atom. The summed E-state index contributed by atoms with van der Waals surface area (Å²) in [7, 11) is -3.34. The van der Waals surface area contributed by atoms with E-state index >= 15 is 0 Å². The number of carbonyl (C=O) groups is 1. The molecule has 0 saturated carbocycles. The summed E-state index contributed by atoms with van der Waals surface area (Å²) in [6.45, 7) is 4.36. The summed E-state index contributed by atoms with van der Waals surface area (Å²) in [6.07, 6.45) is -4.73. The summed E-state index contributed by atoms with van der Waals surface area (Å²) >= 11 is 6.22. The van der Waals surface area contributed by atoms with E-state index in [0.29, 0.717) is 28.8 Å². The Morgan fingerprint density at radius 1 is 1.00 bits per heavy atom. The van der Waals surface area contributed by atoms with Gasteiger partial charge in [-0.3, -0.25) is 4.79 Å². The zero-order chi connectivity index (χ0) is 27.4. The molecule has 3 rings (SSSR count). The largest absolute Gasteiger partial charge is 0.493 e. The monoisotopic (exact) mass is 555 g/mol. The molecule has 11 heteroatoms. The lowest BCUT2D eigenvalue weighted by Crippen LogP contribution is -2.34. The van der Waals surface area contributed by atoms with Gasteiger partial charge < -0.3 is 13.8 Å². The summed E-state index contributed by atoms with van der Waals surface area (Å²) in [4.78, 5) is 14.1. The van der Waals surface area contributed by atoms with Crippen molar-refractivity contribution in [3.05, 3.63) is 88.4 Å². The Labute approximate surface area is 218 Å². The van der Waals surface area contributed by atoms with Crippen molar-refractivity contribution in [1.82, 2.24) is 4.90 Å².